The van der Waals surface area contributed by atoms with Gasteiger partial charge in [0.25, 0.3) is 0 Å². The van der Waals surface area contributed by atoms with Gasteiger partial charge in [0.1, 0.15) is 6.10 Å². The van der Waals surface area contributed by atoms with Crippen molar-refractivity contribution >= 4 is 5.97 Å². The van der Waals surface area contributed by atoms with Gasteiger partial charge in [-0.3, -0.25) is 0 Å². The molecule has 0 aliphatic carbocycles. The highest BCUT2D eigenvalue weighted by molar-refractivity contribution is 5.81. The molecule has 0 unspecified atom stereocenters. The van der Waals surface area contributed by atoms with Crippen molar-refractivity contribution in [1.29, 1.82) is 0 Å². The Morgan fingerprint density at radius 2 is 2.56 bits per heavy atom. The molecule has 3 heteroatoms. The second-order valence-electron chi connectivity index (χ2n) is 1.63. The highest BCUT2D eigenvalue weighted by Gasteiger charge is 2.02. The Morgan fingerprint density at radius 3 is 2.89 bits per heavy atom. The summed E-state index contributed by atoms with van der Waals surface area (Å²) in [6.07, 6.45) is 0.627. The maximum atomic E-state index is 10.3. The molecule has 0 aliphatic rings. The third-order valence-electron chi connectivity index (χ3n) is 0.741. The lowest BCUT2D eigenvalue weighted by Gasteiger charge is -2.06. The maximum Gasteiger partial charge on any atom is 0.330 e. The SMILES string of the molecule is C=CC(=O)O[C@@H](C)CO. The van der Waals surface area contributed by atoms with Gasteiger partial charge in [0.2, 0.25) is 0 Å². The van der Waals surface area contributed by atoms with Gasteiger partial charge in [-0.25, -0.2) is 4.79 Å². The van der Waals surface area contributed by atoms with Crippen molar-refractivity contribution in [3.8, 4) is 0 Å². The molecule has 3 nitrogen and oxygen atoms in total. The summed E-state index contributed by atoms with van der Waals surface area (Å²) < 4.78 is 4.54. The molecule has 0 heterocycles. The van der Waals surface area contributed by atoms with Crippen molar-refractivity contribution in [3.63, 3.8) is 0 Å². The molecule has 52 valence electrons. The van der Waals surface area contributed by atoms with E-state index < -0.39 is 12.1 Å². The van der Waals surface area contributed by atoms with E-state index in [2.05, 4.69) is 11.3 Å². The molecule has 1 N–H and O–H groups in total. The van der Waals surface area contributed by atoms with Crippen molar-refractivity contribution in [1.82, 2.24) is 0 Å². The van der Waals surface area contributed by atoms with Gasteiger partial charge >= 0.3 is 5.97 Å². The number of aliphatic hydroxyl groups is 1. The van der Waals surface area contributed by atoms with Crippen molar-refractivity contribution in [2.75, 3.05) is 6.61 Å². The van der Waals surface area contributed by atoms with Crippen LogP contribution in [-0.2, 0) is 9.53 Å². The number of hydrogen-bond acceptors (Lipinski definition) is 3. The van der Waals surface area contributed by atoms with Crippen LogP contribution >= 0.6 is 0 Å². The zero-order valence-corrected chi connectivity index (χ0v) is 5.33. The number of carbonyl (C=O) groups is 1. The molecule has 0 bridgehead atoms. The molecule has 0 aromatic heterocycles. The minimum atomic E-state index is -0.503. The van der Waals surface area contributed by atoms with Gasteiger partial charge in [-0.05, 0) is 6.92 Å². The van der Waals surface area contributed by atoms with Crippen molar-refractivity contribution in [2.45, 2.75) is 13.0 Å². The van der Waals surface area contributed by atoms with Gasteiger partial charge in [-0.1, -0.05) is 6.58 Å². The summed E-state index contributed by atoms with van der Waals surface area (Å²) in [7, 11) is 0. The predicted molar refractivity (Wildman–Crippen MR) is 32.8 cm³/mol. The van der Waals surface area contributed by atoms with E-state index in [0.29, 0.717) is 0 Å². The second kappa shape index (κ2) is 4.09. The Morgan fingerprint density at radius 1 is 2.00 bits per heavy atom. The number of aliphatic hydroxyl groups excluding tert-OH is 1. The first kappa shape index (κ1) is 8.17. The van der Waals surface area contributed by atoms with Gasteiger partial charge in [0.15, 0.2) is 0 Å². The quantitative estimate of drug-likeness (QED) is 0.435. The van der Waals surface area contributed by atoms with Crippen LogP contribution in [0.1, 0.15) is 6.92 Å². The van der Waals surface area contributed by atoms with Crippen molar-refractivity contribution in [2.24, 2.45) is 0 Å². The molecule has 0 amide bonds. The summed E-state index contributed by atoms with van der Waals surface area (Å²) in [6.45, 7) is 4.64. The molecule has 0 fully saturated rings. The molecule has 0 aliphatic heterocycles. The van der Waals surface area contributed by atoms with Crippen LogP contribution in [0.3, 0.4) is 0 Å². The van der Waals surface area contributed by atoms with Crippen LogP contribution < -0.4 is 0 Å². The topological polar surface area (TPSA) is 46.5 Å². The number of esters is 1. The summed E-state index contributed by atoms with van der Waals surface area (Å²) in [5.41, 5.74) is 0. The van der Waals surface area contributed by atoms with Crippen LogP contribution in [0.4, 0.5) is 0 Å². The molecule has 9 heavy (non-hydrogen) atoms. The van der Waals surface area contributed by atoms with Gasteiger partial charge in [-0.15, -0.1) is 0 Å². The number of rotatable bonds is 3. The van der Waals surface area contributed by atoms with Crippen LogP contribution in [-0.4, -0.2) is 23.8 Å². The number of hydrogen-bond donors (Lipinski definition) is 1. The molecule has 0 saturated carbocycles. The smallest absolute Gasteiger partial charge is 0.330 e. The van der Waals surface area contributed by atoms with E-state index in [1.54, 1.807) is 6.92 Å². The van der Waals surface area contributed by atoms with Crippen LogP contribution in [0.5, 0.6) is 0 Å². The van der Waals surface area contributed by atoms with Crippen molar-refractivity contribution < 1.29 is 14.6 Å². The second-order valence-corrected chi connectivity index (χ2v) is 1.63. The monoisotopic (exact) mass is 130 g/mol. The highest BCUT2D eigenvalue weighted by Crippen LogP contribution is 1.88. The van der Waals surface area contributed by atoms with Gasteiger partial charge in [0.05, 0.1) is 6.61 Å². The predicted octanol–water partition coefficient (Wildman–Crippen LogP) is 0.0964. The molecular formula is C6H10O3. The molecule has 1 atom stereocenters. The summed E-state index contributed by atoms with van der Waals surface area (Å²) in [4.78, 5) is 10.3. The van der Waals surface area contributed by atoms with Crippen LogP contribution in [0, 0.1) is 0 Å². The summed E-state index contributed by atoms with van der Waals surface area (Å²) in [5, 5.41) is 8.37. The number of carbonyl (C=O) groups excluding carboxylic acids is 1. The first-order valence-electron chi connectivity index (χ1n) is 2.64. The van der Waals surface area contributed by atoms with E-state index in [1.165, 1.54) is 0 Å². The Hall–Kier alpha value is -0.830. The molecule has 0 rings (SSSR count). The average molecular weight is 130 g/mol. The molecule has 0 saturated heterocycles. The highest BCUT2D eigenvalue weighted by atomic mass is 16.5. The third-order valence-corrected chi connectivity index (χ3v) is 0.741. The molecule has 0 aromatic rings. The fourth-order valence-electron chi connectivity index (χ4n) is 0.284. The van der Waals surface area contributed by atoms with E-state index >= 15 is 0 Å². The fraction of sp³-hybridized carbons (Fsp3) is 0.500. The largest absolute Gasteiger partial charge is 0.457 e. The average Bonchev–Trinajstić information content (AvgIpc) is 1.87. The van der Waals surface area contributed by atoms with Crippen LogP contribution in [0.2, 0.25) is 0 Å². The zero-order valence-electron chi connectivity index (χ0n) is 5.33. The standard InChI is InChI=1S/C6H10O3/c1-3-6(8)9-5(2)4-7/h3,5,7H,1,4H2,2H3/t5-/m0/s1. The number of ether oxygens (including phenoxy) is 1. The molecule has 0 spiro atoms. The zero-order chi connectivity index (χ0) is 7.28. The summed E-state index contributed by atoms with van der Waals surface area (Å²) >= 11 is 0. The summed E-state index contributed by atoms with van der Waals surface area (Å²) in [6, 6.07) is 0. The fourth-order valence-corrected chi connectivity index (χ4v) is 0.284. The minimum absolute atomic E-state index is 0.153. The van der Waals surface area contributed by atoms with Gasteiger partial charge in [-0.2, -0.15) is 0 Å². The Kier molecular flexibility index (Phi) is 3.71. The molecule has 0 radical (unpaired) electrons. The summed E-state index contributed by atoms with van der Waals surface area (Å²) in [5.74, 6) is -0.503. The lowest BCUT2D eigenvalue weighted by atomic mass is 10.4. The lowest BCUT2D eigenvalue weighted by molar-refractivity contribution is -0.143. The first-order chi connectivity index (χ1) is 4.20. The molecular weight excluding hydrogens is 120 g/mol. The normalized spacial score (nSPS) is 12.2. The van der Waals surface area contributed by atoms with E-state index in [4.69, 9.17) is 5.11 Å². The van der Waals surface area contributed by atoms with Crippen LogP contribution in [0.25, 0.3) is 0 Å². The maximum absolute atomic E-state index is 10.3. The van der Waals surface area contributed by atoms with E-state index in [0.717, 1.165) is 6.08 Å². The first-order valence-corrected chi connectivity index (χ1v) is 2.64. The van der Waals surface area contributed by atoms with Crippen molar-refractivity contribution in [3.05, 3.63) is 12.7 Å². The van der Waals surface area contributed by atoms with E-state index in [-0.39, 0.29) is 6.61 Å². The lowest BCUT2D eigenvalue weighted by Crippen LogP contribution is -2.16. The van der Waals surface area contributed by atoms with Gasteiger partial charge in [0, 0.05) is 6.08 Å². The van der Waals surface area contributed by atoms with E-state index in [1.807, 2.05) is 0 Å². The Bertz CT molecular complexity index is 109. The Labute approximate surface area is 53.9 Å². The van der Waals surface area contributed by atoms with Crippen LogP contribution in [0.15, 0.2) is 12.7 Å². The Balaban J connectivity index is 3.46. The molecule has 0 aromatic carbocycles. The third kappa shape index (κ3) is 3.73. The van der Waals surface area contributed by atoms with E-state index in [9.17, 15) is 4.79 Å². The minimum Gasteiger partial charge on any atom is -0.457 e. The van der Waals surface area contributed by atoms with Gasteiger partial charge < -0.3 is 9.84 Å².